The molecule has 1 unspecified atom stereocenters. The van der Waals surface area contributed by atoms with Gasteiger partial charge in [0.2, 0.25) is 5.95 Å². The number of ether oxygens (including phenoxy) is 2. The molecule has 1 aliphatic heterocycles. The molecule has 0 saturated carbocycles. The van der Waals surface area contributed by atoms with Crippen LogP contribution in [0.3, 0.4) is 0 Å². The molecule has 0 radical (unpaired) electrons. The van der Waals surface area contributed by atoms with Crippen molar-refractivity contribution in [2.24, 2.45) is 5.41 Å². The van der Waals surface area contributed by atoms with Crippen molar-refractivity contribution >= 4 is 11.6 Å². The first-order valence-corrected chi connectivity index (χ1v) is 11.8. The summed E-state index contributed by atoms with van der Waals surface area (Å²) in [4.78, 5) is 6.93. The van der Waals surface area contributed by atoms with Gasteiger partial charge in [-0.05, 0) is 76.0 Å². The summed E-state index contributed by atoms with van der Waals surface area (Å²) in [7, 11) is 4.23. The Kier molecular flexibility index (Phi) is 6.11. The van der Waals surface area contributed by atoms with E-state index in [0.29, 0.717) is 19.2 Å². The van der Waals surface area contributed by atoms with Gasteiger partial charge in [-0.15, -0.1) is 5.10 Å². The Labute approximate surface area is 200 Å². The van der Waals surface area contributed by atoms with E-state index in [4.69, 9.17) is 19.6 Å². The lowest BCUT2D eigenvalue weighted by Crippen LogP contribution is -2.17. The molecule has 1 aromatic carbocycles. The summed E-state index contributed by atoms with van der Waals surface area (Å²) in [6.45, 7) is 4.50. The van der Waals surface area contributed by atoms with Crippen molar-refractivity contribution in [3.63, 3.8) is 0 Å². The highest BCUT2D eigenvalue weighted by Gasteiger charge is 2.19. The fourth-order valence-corrected chi connectivity index (χ4v) is 4.30. The molecule has 0 amide bonds. The van der Waals surface area contributed by atoms with Gasteiger partial charge in [-0.3, -0.25) is 0 Å². The standard InChI is InChI=1S/C27H31N5O2/c1-27(14-6-16-31(2)3)13-5-7-21(12-15-27)28-26-29-25-9-4-8-22(32(25)30-26)20-10-11-23-24(19-20)34-18-17-33-23/h4-5,7-13,15,19H,6,14,16-18H2,1-3H3,(H,28,30). The number of aromatic nitrogens is 3. The molecule has 0 fully saturated rings. The summed E-state index contributed by atoms with van der Waals surface area (Å²) in [5.74, 6) is 2.09. The van der Waals surface area contributed by atoms with Gasteiger partial charge < -0.3 is 19.7 Å². The van der Waals surface area contributed by atoms with E-state index in [2.05, 4.69) is 61.6 Å². The van der Waals surface area contributed by atoms with Crippen LogP contribution in [0.4, 0.5) is 5.95 Å². The van der Waals surface area contributed by atoms with Gasteiger partial charge in [-0.1, -0.05) is 31.2 Å². The zero-order valence-electron chi connectivity index (χ0n) is 20.0. The molecule has 3 aromatic rings. The highest BCUT2D eigenvalue weighted by molar-refractivity contribution is 5.67. The minimum absolute atomic E-state index is 0.0354. The summed E-state index contributed by atoms with van der Waals surface area (Å²) in [5.41, 5.74) is 3.71. The van der Waals surface area contributed by atoms with Crippen molar-refractivity contribution in [2.45, 2.75) is 19.8 Å². The molecule has 0 saturated heterocycles. The maximum Gasteiger partial charge on any atom is 0.247 e. The van der Waals surface area contributed by atoms with Crippen molar-refractivity contribution in [3.8, 4) is 22.8 Å². The number of rotatable bonds is 7. The van der Waals surface area contributed by atoms with Crippen LogP contribution in [-0.4, -0.2) is 53.4 Å². The fraction of sp³-hybridized carbons (Fsp3) is 0.333. The van der Waals surface area contributed by atoms with Crippen molar-refractivity contribution in [1.29, 1.82) is 0 Å². The van der Waals surface area contributed by atoms with E-state index in [-0.39, 0.29) is 5.41 Å². The van der Waals surface area contributed by atoms with Gasteiger partial charge in [0.1, 0.15) is 13.2 Å². The van der Waals surface area contributed by atoms with E-state index in [1.165, 1.54) is 0 Å². The molecule has 1 aliphatic carbocycles. The van der Waals surface area contributed by atoms with Crippen LogP contribution in [0, 0.1) is 5.41 Å². The van der Waals surface area contributed by atoms with Gasteiger partial charge in [0, 0.05) is 16.7 Å². The van der Waals surface area contributed by atoms with Gasteiger partial charge in [0.05, 0.1) is 5.69 Å². The van der Waals surface area contributed by atoms with E-state index in [9.17, 15) is 0 Å². The highest BCUT2D eigenvalue weighted by Crippen LogP contribution is 2.35. The van der Waals surface area contributed by atoms with Gasteiger partial charge in [-0.2, -0.15) is 4.98 Å². The van der Waals surface area contributed by atoms with Gasteiger partial charge >= 0.3 is 0 Å². The Bertz CT molecular complexity index is 1270. The second kappa shape index (κ2) is 9.35. The predicted octanol–water partition coefficient (Wildman–Crippen LogP) is 4.94. The fourth-order valence-electron chi connectivity index (χ4n) is 4.30. The van der Waals surface area contributed by atoms with Crippen LogP contribution >= 0.6 is 0 Å². The number of benzene rings is 1. The number of allylic oxidation sites excluding steroid dienone is 5. The molecular weight excluding hydrogens is 426 g/mol. The summed E-state index contributed by atoms with van der Waals surface area (Å²) in [6.07, 6.45) is 13.1. The van der Waals surface area contributed by atoms with Crippen molar-refractivity contribution in [2.75, 3.05) is 39.2 Å². The van der Waals surface area contributed by atoms with E-state index >= 15 is 0 Å². The number of nitrogens with one attached hydrogen (secondary N) is 1. The SMILES string of the molecule is CN(C)CCCC1(C)C=CC=C(Nc2nc3cccc(-c4ccc5c(c4)OCCO5)n3n2)C=C1. The van der Waals surface area contributed by atoms with Crippen LogP contribution in [-0.2, 0) is 0 Å². The minimum Gasteiger partial charge on any atom is -0.486 e. The monoisotopic (exact) mass is 457 g/mol. The van der Waals surface area contributed by atoms with Crippen LogP contribution in [0.15, 0.2) is 72.5 Å². The minimum atomic E-state index is 0.0354. The Morgan fingerprint density at radius 3 is 2.79 bits per heavy atom. The smallest absolute Gasteiger partial charge is 0.247 e. The van der Waals surface area contributed by atoms with Crippen LogP contribution in [0.25, 0.3) is 16.9 Å². The Morgan fingerprint density at radius 2 is 1.94 bits per heavy atom. The van der Waals surface area contributed by atoms with Crippen LogP contribution < -0.4 is 14.8 Å². The zero-order chi connectivity index (χ0) is 23.5. The van der Waals surface area contributed by atoms with Gasteiger partial charge in [0.25, 0.3) is 0 Å². The average Bonchev–Trinajstić information content (AvgIpc) is 3.15. The molecule has 1 atom stereocenters. The Morgan fingerprint density at radius 1 is 1.09 bits per heavy atom. The topological polar surface area (TPSA) is 63.9 Å². The average molecular weight is 458 g/mol. The van der Waals surface area contributed by atoms with Crippen LogP contribution in [0.5, 0.6) is 11.5 Å². The second-order valence-corrected chi connectivity index (χ2v) is 9.33. The first-order valence-electron chi connectivity index (χ1n) is 11.8. The highest BCUT2D eigenvalue weighted by atomic mass is 16.6. The molecule has 1 N–H and O–H groups in total. The van der Waals surface area contributed by atoms with E-state index < -0.39 is 0 Å². The maximum atomic E-state index is 5.76. The summed E-state index contributed by atoms with van der Waals surface area (Å²) < 4.78 is 13.3. The zero-order valence-corrected chi connectivity index (χ0v) is 20.0. The number of nitrogens with zero attached hydrogens (tertiary/aromatic N) is 4. The lowest BCUT2D eigenvalue weighted by molar-refractivity contribution is 0.171. The predicted molar refractivity (Wildman–Crippen MR) is 135 cm³/mol. The number of fused-ring (bicyclic) bond motifs is 2. The molecule has 3 heterocycles. The number of pyridine rings is 1. The third kappa shape index (κ3) is 4.84. The molecule has 7 heteroatoms. The third-order valence-electron chi connectivity index (χ3n) is 6.17. The summed E-state index contributed by atoms with van der Waals surface area (Å²) in [6, 6.07) is 11.9. The molecule has 2 aliphatic rings. The summed E-state index contributed by atoms with van der Waals surface area (Å²) in [5, 5.41) is 8.13. The van der Waals surface area contributed by atoms with Crippen LogP contribution in [0.1, 0.15) is 19.8 Å². The van der Waals surface area contributed by atoms with Crippen molar-refractivity contribution in [1.82, 2.24) is 19.5 Å². The number of hydrogen-bond acceptors (Lipinski definition) is 6. The Hall–Kier alpha value is -3.58. The van der Waals surface area contributed by atoms with E-state index in [1.54, 1.807) is 0 Å². The normalized spacial score (nSPS) is 19.4. The van der Waals surface area contributed by atoms with E-state index in [1.807, 2.05) is 40.9 Å². The molecule has 176 valence electrons. The van der Waals surface area contributed by atoms with E-state index in [0.717, 1.165) is 53.5 Å². The molecule has 2 aromatic heterocycles. The lowest BCUT2D eigenvalue weighted by Gasteiger charge is -2.22. The molecule has 7 nitrogen and oxygen atoms in total. The molecule has 5 rings (SSSR count). The molecule has 0 spiro atoms. The number of hydrogen-bond donors (Lipinski definition) is 1. The maximum absolute atomic E-state index is 5.76. The quantitative estimate of drug-likeness (QED) is 0.542. The summed E-state index contributed by atoms with van der Waals surface area (Å²) >= 11 is 0. The Balaban J connectivity index is 1.35. The lowest BCUT2D eigenvalue weighted by atomic mass is 9.85. The van der Waals surface area contributed by atoms with Crippen LogP contribution in [0.2, 0.25) is 0 Å². The van der Waals surface area contributed by atoms with Gasteiger partial charge in [-0.25, -0.2) is 4.52 Å². The number of anilines is 1. The second-order valence-electron chi connectivity index (χ2n) is 9.33. The van der Waals surface area contributed by atoms with Crippen molar-refractivity contribution < 1.29 is 9.47 Å². The van der Waals surface area contributed by atoms with Crippen molar-refractivity contribution in [3.05, 3.63) is 72.5 Å². The van der Waals surface area contributed by atoms with Gasteiger partial charge in [0.15, 0.2) is 17.1 Å². The first kappa shape index (κ1) is 22.2. The first-order chi connectivity index (χ1) is 16.5. The largest absolute Gasteiger partial charge is 0.486 e. The third-order valence-corrected chi connectivity index (χ3v) is 6.17. The molecular formula is C27H31N5O2. The molecule has 34 heavy (non-hydrogen) atoms. The molecule has 0 bridgehead atoms.